The monoisotopic (exact) mass is 258 g/mol. The number of ether oxygens (including phenoxy) is 1. The average molecular weight is 259 g/mol. The quantitative estimate of drug-likeness (QED) is 0.701. The van der Waals surface area contributed by atoms with Crippen molar-refractivity contribution >= 4 is 23.2 Å². The summed E-state index contributed by atoms with van der Waals surface area (Å²) in [6.45, 7) is 8.36. The molecule has 0 saturated heterocycles. The van der Waals surface area contributed by atoms with Gasteiger partial charge in [-0.3, -0.25) is 0 Å². The van der Waals surface area contributed by atoms with Crippen LogP contribution in [0.25, 0.3) is 0 Å². The molecule has 0 spiro atoms. The number of benzene rings is 1. The Labute approximate surface area is 107 Å². The molecular weight excluding hydrogens is 243 g/mol. The SMILES string of the molecule is CC(C)c1cc2c(c(Cl)c1Cl)OC(C)(C)C2. The summed E-state index contributed by atoms with van der Waals surface area (Å²) in [5.41, 5.74) is 2.10. The number of halogens is 2. The van der Waals surface area contributed by atoms with Gasteiger partial charge in [-0.1, -0.05) is 43.1 Å². The minimum absolute atomic E-state index is 0.176. The summed E-state index contributed by atoms with van der Waals surface area (Å²) in [4.78, 5) is 0. The smallest absolute Gasteiger partial charge is 0.143 e. The molecule has 0 atom stereocenters. The summed E-state index contributed by atoms with van der Waals surface area (Å²) in [5, 5.41) is 1.20. The van der Waals surface area contributed by atoms with Crippen LogP contribution in [0.4, 0.5) is 0 Å². The lowest BCUT2D eigenvalue weighted by Gasteiger charge is -2.17. The van der Waals surface area contributed by atoms with E-state index in [-0.39, 0.29) is 5.60 Å². The first-order chi connectivity index (χ1) is 7.32. The third-order valence-electron chi connectivity index (χ3n) is 2.88. The Morgan fingerprint density at radius 1 is 1.25 bits per heavy atom. The highest BCUT2D eigenvalue weighted by Crippen LogP contribution is 2.46. The lowest BCUT2D eigenvalue weighted by molar-refractivity contribution is 0.138. The van der Waals surface area contributed by atoms with Crippen molar-refractivity contribution < 1.29 is 4.74 Å². The van der Waals surface area contributed by atoms with E-state index in [4.69, 9.17) is 27.9 Å². The third-order valence-corrected chi connectivity index (χ3v) is 3.75. The van der Waals surface area contributed by atoms with Crippen LogP contribution in [-0.2, 0) is 6.42 Å². The Balaban J connectivity index is 2.57. The predicted octanol–water partition coefficient (Wildman–Crippen LogP) is 4.83. The average Bonchev–Trinajstić information content (AvgIpc) is 2.46. The molecule has 1 heterocycles. The molecule has 0 aromatic heterocycles. The molecule has 2 rings (SSSR count). The lowest BCUT2D eigenvalue weighted by Crippen LogP contribution is -2.24. The second-order valence-electron chi connectivity index (χ2n) is 5.28. The predicted molar refractivity (Wildman–Crippen MR) is 69.0 cm³/mol. The van der Waals surface area contributed by atoms with Gasteiger partial charge in [-0.2, -0.15) is 0 Å². The summed E-state index contributed by atoms with van der Waals surface area (Å²) in [6.07, 6.45) is 0.888. The molecule has 1 aliphatic rings. The molecule has 0 saturated carbocycles. The van der Waals surface area contributed by atoms with Gasteiger partial charge in [0.05, 0.1) is 5.02 Å². The van der Waals surface area contributed by atoms with Crippen molar-refractivity contribution in [1.29, 1.82) is 0 Å². The van der Waals surface area contributed by atoms with Gasteiger partial charge in [-0.05, 0) is 25.3 Å². The van der Waals surface area contributed by atoms with Crippen molar-refractivity contribution in [3.8, 4) is 5.75 Å². The maximum Gasteiger partial charge on any atom is 0.143 e. The molecule has 1 nitrogen and oxygen atoms in total. The first-order valence-electron chi connectivity index (χ1n) is 5.51. The van der Waals surface area contributed by atoms with Crippen molar-refractivity contribution in [3.05, 3.63) is 27.2 Å². The minimum atomic E-state index is -0.176. The Kier molecular flexibility index (Phi) is 2.88. The third kappa shape index (κ3) is 1.91. The van der Waals surface area contributed by atoms with Crippen LogP contribution in [-0.4, -0.2) is 5.60 Å². The molecule has 1 aliphatic heterocycles. The Bertz CT molecular complexity index is 436. The molecule has 88 valence electrons. The van der Waals surface area contributed by atoms with Gasteiger partial charge in [0.1, 0.15) is 16.4 Å². The molecule has 1 aromatic rings. The fourth-order valence-corrected chi connectivity index (χ4v) is 2.74. The van der Waals surface area contributed by atoms with Gasteiger partial charge >= 0.3 is 0 Å². The standard InChI is InChI=1S/C13H16Cl2O/c1-7(2)9-5-8-6-13(3,4)16-12(8)11(15)10(9)14/h5,7H,6H2,1-4H3. The van der Waals surface area contributed by atoms with E-state index in [1.54, 1.807) is 0 Å². The maximum atomic E-state index is 6.26. The molecule has 1 aromatic carbocycles. The fraction of sp³-hybridized carbons (Fsp3) is 0.538. The summed E-state index contributed by atoms with van der Waals surface area (Å²) < 4.78 is 5.82. The van der Waals surface area contributed by atoms with E-state index in [9.17, 15) is 0 Å². The van der Waals surface area contributed by atoms with Crippen LogP contribution in [0, 0.1) is 0 Å². The highest BCUT2D eigenvalue weighted by Gasteiger charge is 2.33. The number of hydrogen-bond acceptors (Lipinski definition) is 1. The van der Waals surface area contributed by atoms with Crippen LogP contribution in [0.1, 0.15) is 44.7 Å². The van der Waals surface area contributed by atoms with Gasteiger partial charge < -0.3 is 4.74 Å². The summed E-state index contributed by atoms with van der Waals surface area (Å²) in [5.74, 6) is 1.14. The fourth-order valence-electron chi connectivity index (χ4n) is 2.12. The van der Waals surface area contributed by atoms with Gasteiger partial charge in [0, 0.05) is 12.0 Å². The van der Waals surface area contributed by atoms with Crippen molar-refractivity contribution in [3.63, 3.8) is 0 Å². The highest BCUT2D eigenvalue weighted by molar-refractivity contribution is 6.43. The van der Waals surface area contributed by atoms with Gasteiger partial charge in [0.15, 0.2) is 0 Å². The maximum absolute atomic E-state index is 6.26. The Morgan fingerprint density at radius 2 is 1.88 bits per heavy atom. The number of hydrogen-bond donors (Lipinski definition) is 0. The first-order valence-corrected chi connectivity index (χ1v) is 6.27. The van der Waals surface area contributed by atoms with Crippen LogP contribution in [0.3, 0.4) is 0 Å². The zero-order valence-electron chi connectivity index (χ0n) is 10.0. The topological polar surface area (TPSA) is 9.23 Å². The van der Waals surface area contributed by atoms with Gasteiger partial charge in [0.2, 0.25) is 0 Å². The molecule has 0 bridgehead atoms. The molecule has 0 aliphatic carbocycles. The van der Waals surface area contributed by atoms with Crippen molar-refractivity contribution in [1.82, 2.24) is 0 Å². The lowest BCUT2D eigenvalue weighted by atomic mass is 9.96. The summed E-state index contributed by atoms with van der Waals surface area (Å²) in [6, 6.07) is 2.13. The van der Waals surface area contributed by atoms with Crippen molar-refractivity contribution in [2.45, 2.75) is 45.6 Å². The zero-order valence-corrected chi connectivity index (χ0v) is 11.5. The normalized spacial score (nSPS) is 17.4. The van der Waals surface area contributed by atoms with E-state index >= 15 is 0 Å². The molecule has 0 unspecified atom stereocenters. The second kappa shape index (κ2) is 3.82. The number of fused-ring (bicyclic) bond motifs is 1. The van der Waals surface area contributed by atoms with E-state index in [2.05, 4.69) is 33.8 Å². The first kappa shape index (κ1) is 12.1. The molecule has 0 radical (unpaired) electrons. The molecule has 3 heteroatoms. The zero-order chi connectivity index (χ0) is 12.1. The Morgan fingerprint density at radius 3 is 2.44 bits per heavy atom. The van der Waals surface area contributed by atoms with E-state index in [1.165, 1.54) is 5.56 Å². The van der Waals surface area contributed by atoms with Crippen LogP contribution >= 0.6 is 23.2 Å². The van der Waals surface area contributed by atoms with Gasteiger partial charge in [-0.15, -0.1) is 0 Å². The van der Waals surface area contributed by atoms with E-state index in [1.807, 2.05) is 0 Å². The van der Waals surface area contributed by atoms with Crippen LogP contribution < -0.4 is 4.74 Å². The molecule has 0 amide bonds. The minimum Gasteiger partial charge on any atom is -0.486 e. The van der Waals surface area contributed by atoms with Crippen molar-refractivity contribution in [2.24, 2.45) is 0 Å². The largest absolute Gasteiger partial charge is 0.486 e. The second-order valence-corrected chi connectivity index (χ2v) is 6.03. The Hall–Kier alpha value is -0.400. The summed E-state index contributed by atoms with van der Waals surface area (Å²) >= 11 is 12.5. The number of rotatable bonds is 1. The van der Waals surface area contributed by atoms with E-state index in [0.717, 1.165) is 17.7 Å². The van der Waals surface area contributed by atoms with E-state index < -0.39 is 0 Å². The van der Waals surface area contributed by atoms with Crippen LogP contribution in [0.15, 0.2) is 6.07 Å². The van der Waals surface area contributed by atoms with Crippen LogP contribution in [0.5, 0.6) is 5.75 Å². The van der Waals surface area contributed by atoms with Gasteiger partial charge in [0.25, 0.3) is 0 Å². The molecule has 16 heavy (non-hydrogen) atoms. The molecule has 0 fully saturated rings. The molecular formula is C13H16Cl2O. The van der Waals surface area contributed by atoms with E-state index in [0.29, 0.717) is 16.0 Å². The van der Waals surface area contributed by atoms with Crippen LogP contribution in [0.2, 0.25) is 10.0 Å². The van der Waals surface area contributed by atoms with Gasteiger partial charge in [-0.25, -0.2) is 0 Å². The molecule has 0 N–H and O–H groups in total. The van der Waals surface area contributed by atoms with Crippen molar-refractivity contribution in [2.75, 3.05) is 0 Å². The summed E-state index contributed by atoms with van der Waals surface area (Å²) in [7, 11) is 0. The highest BCUT2D eigenvalue weighted by atomic mass is 35.5.